The van der Waals surface area contributed by atoms with Crippen molar-refractivity contribution >= 4 is 16.9 Å². The fraction of sp³-hybridized carbons (Fsp3) is 0.455. The third-order valence-corrected chi connectivity index (χ3v) is 2.43. The summed E-state index contributed by atoms with van der Waals surface area (Å²) >= 11 is 0. The van der Waals surface area contributed by atoms with Crippen molar-refractivity contribution in [3.63, 3.8) is 0 Å². The second-order valence-corrected chi connectivity index (χ2v) is 3.60. The molecule has 0 aliphatic rings. The lowest BCUT2D eigenvalue weighted by Gasteiger charge is -2.05. The summed E-state index contributed by atoms with van der Waals surface area (Å²) in [5.74, 6) is 0.928. The zero-order valence-corrected chi connectivity index (χ0v) is 8.95. The molecule has 0 spiro atoms. The molecule has 0 aliphatic carbocycles. The van der Waals surface area contributed by atoms with Crippen LogP contribution in [0, 0.1) is 0 Å². The average Bonchev–Trinajstić information content (AvgIpc) is 2.73. The number of H-pyrrole nitrogens is 1. The SMILES string of the molecule is CCCCCNc1ncnc2[nH]ccc12. The zero-order valence-electron chi connectivity index (χ0n) is 8.95. The molecular formula is C11H16N4. The van der Waals surface area contributed by atoms with Crippen LogP contribution in [0.2, 0.25) is 0 Å². The fourth-order valence-corrected chi connectivity index (χ4v) is 1.60. The molecule has 15 heavy (non-hydrogen) atoms. The molecule has 0 bridgehead atoms. The quantitative estimate of drug-likeness (QED) is 0.736. The highest BCUT2D eigenvalue weighted by Crippen LogP contribution is 2.17. The number of anilines is 1. The van der Waals surface area contributed by atoms with E-state index in [-0.39, 0.29) is 0 Å². The van der Waals surface area contributed by atoms with Crippen LogP contribution in [0.25, 0.3) is 11.0 Å². The predicted octanol–water partition coefficient (Wildman–Crippen LogP) is 2.56. The molecule has 0 atom stereocenters. The number of fused-ring (bicyclic) bond motifs is 1. The number of aromatic amines is 1. The Morgan fingerprint density at radius 3 is 3.13 bits per heavy atom. The maximum absolute atomic E-state index is 4.23. The highest BCUT2D eigenvalue weighted by molar-refractivity contribution is 5.86. The summed E-state index contributed by atoms with van der Waals surface area (Å²) in [5.41, 5.74) is 0.892. The van der Waals surface area contributed by atoms with Crippen molar-refractivity contribution in [1.82, 2.24) is 15.0 Å². The predicted molar refractivity (Wildman–Crippen MR) is 61.9 cm³/mol. The molecule has 2 aromatic rings. The van der Waals surface area contributed by atoms with E-state index in [2.05, 4.69) is 27.2 Å². The summed E-state index contributed by atoms with van der Waals surface area (Å²) in [6.07, 6.45) is 7.16. The summed E-state index contributed by atoms with van der Waals surface area (Å²) < 4.78 is 0. The molecule has 0 amide bonds. The molecule has 0 aliphatic heterocycles. The van der Waals surface area contributed by atoms with E-state index in [9.17, 15) is 0 Å². The first-order valence-corrected chi connectivity index (χ1v) is 5.43. The van der Waals surface area contributed by atoms with Crippen LogP contribution in [0.1, 0.15) is 26.2 Å². The van der Waals surface area contributed by atoms with Gasteiger partial charge in [0.25, 0.3) is 0 Å². The summed E-state index contributed by atoms with van der Waals surface area (Å²) in [6, 6.07) is 2.00. The Bertz CT molecular complexity index is 421. The summed E-state index contributed by atoms with van der Waals surface area (Å²) in [5, 5.41) is 4.40. The van der Waals surface area contributed by atoms with Crippen LogP contribution >= 0.6 is 0 Å². The van der Waals surface area contributed by atoms with Gasteiger partial charge >= 0.3 is 0 Å². The first-order valence-electron chi connectivity index (χ1n) is 5.43. The Hall–Kier alpha value is -1.58. The number of nitrogens with one attached hydrogen (secondary N) is 2. The third-order valence-electron chi connectivity index (χ3n) is 2.43. The maximum Gasteiger partial charge on any atom is 0.142 e. The van der Waals surface area contributed by atoms with Crippen LogP contribution in [0.4, 0.5) is 5.82 Å². The molecule has 0 radical (unpaired) electrons. The Kier molecular flexibility index (Phi) is 3.17. The van der Waals surface area contributed by atoms with Crippen molar-refractivity contribution in [1.29, 1.82) is 0 Å². The number of rotatable bonds is 5. The van der Waals surface area contributed by atoms with Crippen LogP contribution < -0.4 is 5.32 Å². The lowest BCUT2D eigenvalue weighted by molar-refractivity contribution is 0.742. The third kappa shape index (κ3) is 2.26. The number of nitrogens with zero attached hydrogens (tertiary/aromatic N) is 2. The van der Waals surface area contributed by atoms with Gasteiger partial charge < -0.3 is 10.3 Å². The second-order valence-electron chi connectivity index (χ2n) is 3.60. The smallest absolute Gasteiger partial charge is 0.142 e. The molecule has 2 N–H and O–H groups in total. The molecule has 0 saturated carbocycles. The molecule has 4 heteroatoms. The van der Waals surface area contributed by atoms with Crippen LogP contribution in [-0.4, -0.2) is 21.5 Å². The van der Waals surface area contributed by atoms with Gasteiger partial charge in [0.05, 0.1) is 5.39 Å². The molecule has 2 heterocycles. The summed E-state index contributed by atoms with van der Waals surface area (Å²) in [4.78, 5) is 11.4. The van der Waals surface area contributed by atoms with Gasteiger partial charge in [-0.3, -0.25) is 0 Å². The first-order chi connectivity index (χ1) is 7.42. The number of hydrogen-bond donors (Lipinski definition) is 2. The van der Waals surface area contributed by atoms with Gasteiger partial charge in [0.2, 0.25) is 0 Å². The van der Waals surface area contributed by atoms with Gasteiger partial charge in [0.15, 0.2) is 0 Å². The molecule has 0 aromatic carbocycles. The maximum atomic E-state index is 4.23. The minimum Gasteiger partial charge on any atom is -0.369 e. The van der Waals surface area contributed by atoms with Gasteiger partial charge in [-0.15, -0.1) is 0 Å². The average molecular weight is 204 g/mol. The van der Waals surface area contributed by atoms with E-state index in [1.165, 1.54) is 19.3 Å². The van der Waals surface area contributed by atoms with Crippen molar-refractivity contribution in [3.8, 4) is 0 Å². The van der Waals surface area contributed by atoms with E-state index in [1.807, 2.05) is 12.3 Å². The van der Waals surface area contributed by atoms with E-state index in [4.69, 9.17) is 0 Å². The van der Waals surface area contributed by atoms with Crippen LogP contribution in [-0.2, 0) is 0 Å². The Morgan fingerprint density at radius 1 is 1.33 bits per heavy atom. The fourth-order valence-electron chi connectivity index (χ4n) is 1.60. The van der Waals surface area contributed by atoms with E-state index in [0.29, 0.717) is 0 Å². The molecule has 2 aromatic heterocycles. The van der Waals surface area contributed by atoms with Gasteiger partial charge in [0.1, 0.15) is 17.8 Å². The van der Waals surface area contributed by atoms with Gasteiger partial charge in [-0.05, 0) is 12.5 Å². The number of unbranched alkanes of at least 4 members (excludes halogenated alkanes) is 2. The highest BCUT2D eigenvalue weighted by atomic mass is 15.0. The molecule has 4 nitrogen and oxygen atoms in total. The molecule has 0 unspecified atom stereocenters. The van der Waals surface area contributed by atoms with Crippen molar-refractivity contribution in [2.45, 2.75) is 26.2 Å². The van der Waals surface area contributed by atoms with E-state index in [1.54, 1.807) is 6.33 Å². The minimum absolute atomic E-state index is 0.892. The van der Waals surface area contributed by atoms with Crippen LogP contribution in [0.5, 0.6) is 0 Å². The van der Waals surface area contributed by atoms with Crippen molar-refractivity contribution in [2.75, 3.05) is 11.9 Å². The first kappa shape index (κ1) is 9.96. The molecular weight excluding hydrogens is 188 g/mol. The lowest BCUT2D eigenvalue weighted by atomic mass is 10.2. The van der Waals surface area contributed by atoms with E-state index >= 15 is 0 Å². The molecule has 0 saturated heterocycles. The Balaban J connectivity index is 2.04. The summed E-state index contributed by atoms with van der Waals surface area (Å²) in [6.45, 7) is 3.18. The van der Waals surface area contributed by atoms with Crippen molar-refractivity contribution in [3.05, 3.63) is 18.6 Å². The highest BCUT2D eigenvalue weighted by Gasteiger charge is 2.02. The van der Waals surface area contributed by atoms with Crippen LogP contribution in [0.3, 0.4) is 0 Å². The standard InChI is InChI=1S/C11H16N4/c1-2-3-4-6-12-10-9-5-7-13-11(9)15-8-14-10/h5,7-8H,2-4,6H2,1H3,(H2,12,13,14,15). The zero-order chi connectivity index (χ0) is 10.5. The van der Waals surface area contributed by atoms with Crippen LogP contribution in [0.15, 0.2) is 18.6 Å². The number of aromatic nitrogens is 3. The van der Waals surface area contributed by atoms with Crippen molar-refractivity contribution in [2.24, 2.45) is 0 Å². The van der Waals surface area contributed by atoms with E-state index in [0.717, 1.165) is 23.4 Å². The summed E-state index contributed by atoms with van der Waals surface area (Å²) in [7, 11) is 0. The van der Waals surface area contributed by atoms with Gasteiger partial charge in [0, 0.05) is 12.7 Å². The van der Waals surface area contributed by atoms with E-state index < -0.39 is 0 Å². The van der Waals surface area contributed by atoms with Gasteiger partial charge in [-0.25, -0.2) is 9.97 Å². The number of hydrogen-bond acceptors (Lipinski definition) is 3. The van der Waals surface area contributed by atoms with Gasteiger partial charge in [-0.1, -0.05) is 19.8 Å². The molecule has 0 fully saturated rings. The molecule has 80 valence electrons. The molecule has 2 rings (SSSR count). The lowest BCUT2D eigenvalue weighted by Crippen LogP contribution is -2.03. The Labute approximate surface area is 89.1 Å². The topological polar surface area (TPSA) is 53.6 Å². The normalized spacial score (nSPS) is 10.7. The van der Waals surface area contributed by atoms with Crippen molar-refractivity contribution < 1.29 is 0 Å². The largest absolute Gasteiger partial charge is 0.369 e. The second kappa shape index (κ2) is 4.77. The van der Waals surface area contributed by atoms with Gasteiger partial charge in [-0.2, -0.15) is 0 Å². The monoisotopic (exact) mass is 204 g/mol. The Morgan fingerprint density at radius 2 is 2.27 bits per heavy atom. The minimum atomic E-state index is 0.892.